The summed E-state index contributed by atoms with van der Waals surface area (Å²) >= 11 is 1.50. The Balaban J connectivity index is 1.47. The van der Waals surface area contributed by atoms with Gasteiger partial charge in [-0.2, -0.15) is 10.3 Å². The molecule has 2 aromatic rings. The number of aromatic amines is 1. The van der Waals surface area contributed by atoms with Crippen LogP contribution in [0, 0.1) is 11.7 Å². The van der Waals surface area contributed by atoms with Gasteiger partial charge >= 0.3 is 0 Å². The average Bonchev–Trinajstić information content (AvgIpc) is 3.14. The SMILES string of the molecule is O=C(NCCSc1cn[nH]n1)C1CCC(=O)N(Cc2cccc(F)c2)C1. The lowest BCUT2D eigenvalue weighted by Crippen LogP contribution is -2.45. The minimum Gasteiger partial charge on any atom is -0.355 e. The van der Waals surface area contributed by atoms with Crippen molar-refractivity contribution in [3.05, 3.63) is 41.8 Å². The highest BCUT2D eigenvalue weighted by molar-refractivity contribution is 7.99. The summed E-state index contributed by atoms with van der Waals surface area (Å²) in [5, 5.41) is 13.9. The van der Waals surface area contributed by atoms with E-state index in [2.05, 4.69) is 20.7 Å². The fourth-order valence-corrected chi connectivity index (χ4v) is 3.52. The number of aromatic nitrogens is 3. The quantitative estimate of drug-likeness (QED) is 0.565. The standard InChI is InChI=1S/C17H20FN5O2S/c18-14-3-1-2-12(8-14)10-23-11-13(4-5-16(23)24)17(25)19-6-7-26-15-9-20-22-21-15/h1-3,8-9,13H,4-7,10-11H2,(H,19,25)(H,20,21,22). The van der Waals surface area contributed by atoms with Gasteiger partial charge in [0, 0.05) is 31.8 Å². The number of hydrogen-bond donors (Lipinski definition) is 2. The van der Waals surface area contributed by atoms with Crippen LogP contribution in [-0.4, -0.2) is 51.0 Å². The molecule has 0 spiro atoms. The first kappa shape index (κ1) is 18.4. The Morgan fingerprint density at radius 1 is 1.46 bits per heavy atom. The Morgan fingerprint density at radius 2 is 2.35 bits per heavy atom. The van der Waals surface area contributed by atoms with E-state index in [1.54, 1.807) is 23.2 Å². The lowest BCUT2D eigenvalue weighted by atomic mass is 9.96. The summed E-state index contributed by atoms with van der Waals surface area (Å²) in [7, 11) is 0. The zero-order chi connectivity index (χ0) is 18.4. The predicted molar refractivity (Wildman–Crippen MR) is 94.7 cm³/mol. The second-order valence-corrected chi connectivity index (χ2v) is 7.20. The van der Waals surface area contributed by atoms with Gasteiger partial charge in [0.1, 0.15) is 10.8 Å². The normalized spacial score (nSPS) is 17.3. The number of thioether (sulfide) groups is 1. The molecule has 1 unspecified atom stereocenters. The molecular weight excluding hydrogens is 357 g/mol. The van der Waals surface area contributed by atoms with Crippen molar-refractivity contribution >= 4 is 23.6 Å². The maximum Gasteiger partial charge on any atom is 0.224 e. The van der Waals surface area contributed by atoms with Gasteiger partial charge in [-0.05, 0) is 24.1 Å². The first-order chi connectivity index (χ1) is 12.6. The van der Waals surface area contributed by atoms with Crippen LogP contribution in [0.4, 0.5) is 4.39 Å². The second kappa shape index (κ2) is 8.79. The summed E-state index contributed by atoms with van der Waals surface area (Å²) in [4.78, 5) is 26.1. The van der Waals surface area contributed by atoms with E-state index in [9.17, 15) is 14.0 Å². The van der Waals surface area contributed by atoms with E-state index in [1.165, 1.54) is 23.9 Å². The molecule has 1 aromatic carbocycles. The van der Waals surface area contributed by atoms with Crippen LogP contribution < -0.4 is 5.32 Å². The van der Waals surface area contributed by atoms with E-state index >= 15 is 0 Å². The first-order valence-electron chi connectivity index (χ1n) is 8.40. The third-order valence-electron chi connectivity index (χ3n) is 4.18. The molecule has 2 heterocycles. The number of hydrogen-bond acceptors (Lipinski definition) is 5. The van der Waals surface area contributed by atoms with Crippen molar-refractivity contribution in [2.45, 2.75) is 24.4 Å². The van der Waals surface area contributed by atoms with E-state index in [0.29, 0.717) is 38.2 Å². The van der Waals surface area contributed by atoms with Crippen molar-refractivity contribution in [1.82, 2.24) is 25.6 Å². The van der Waals surface area contributed by atoms with Gasteiger partial charge in [0.05, 0.1) is 12.1 Å². The Labute approximate surface area is 154 Å². The second-order valence-electron chi connectivity index (χ2n) is 6.09. The van der Waals surface area contributed by atoms with Gasteiger partial charge in [0.2, 0.25) is 11.8 Å². The molecule has 1 atom stereocenters. The molecule has 1 fully saturated rings. The molecule has 3 rings (SSSR count). The highest BCUT2D eigenvalue weighted by Crippen LogP contribution is 2.20. The van der Waals surface area contributed by atoms with Crippen LogP contribution in [0.25, 0.3) is 0 Å². The van der Waals surface area contributed by atoms with Gasteiger partial charge in [-0.15, -0.1) is 16.9 Å². The van der Waals surface area contributed by atoms with Gasteiger partial charge in [-0.1, -0.05) is 12.1 Å². The molecular formula is C17H20FN5O2S. The highest BCUT2D eigenvalue weighted by atomic mass is 32.2. The molecule has 9 heteroatoms. The molecule has 0 bridgehead atoms. The predicted octanol–water partition coefficient (Wildman–Crippen LogP) is 1.59. The monoisotopic (exact) mass is 377 g/mol. The lowest BCUT2D eigenvalue weighted by Gasteiger charge is -2.32. The molecule has 7 nitrogen and oxygen atoms in total. The van der Waals surface area contributed by atoms with Crippen molar-refractivity contribution < 1.29 is 14.0 Å². The van der Waals surface area contributed by atoms with Crippen LogP contribution in [0.1, 0.15) is 18.4 Å². The minimum absolute atomic E-state index is 0.0000936. The smallest absolute Gasteiger partial charge is 0.224 e. The Kier molecular flexibility index (Phi) is 6.21. The summed E-state index contributed by atoms with van der Waals surface area (Å²) < 4.78 is 13.3. The van der Waals surface area contributed by atoms with Crippen molar-refractivity contribution in [2.75, 3.05) is 18.8 Å². The van der Waals surface area contributed by atoms with Crippen molar-refractivity contribution in [3.63, 3.8) is 0 Å². The van der Waals surface area contributed by atoms with Crippen LogP contribution in [0.5, 0.6) is 0 Å². The highest BCUT2D eigenvalue weighted by Gasteiger charge is 2.30. The third kappa shape index (κ3) is 5.04. The summed E-state index contributed by atoms with van der Waals surface area (Å²) in [5.74, 6) is 0.0725. The average molecular weight is 377 g/mol. The van der Waals surface area contributed by atoms with Gasteiger partial charge in [0.25, 0.3) is 0 Å². The number of carbonyl (C=O) groups excluding carboxylic acids is 2. The number of amides is 2. The maximum absolute atomic E-state index is 13.3. The van der Waals surface area contributed by atoms with E-state index in [-0.39, 0.29) is 23.5 Å². The Morgan fingerprint density at radius 3 is 3.12 bits per heavy atom. The number of piperidine rings is 1. The molecule has 0 saturated carbocycles. The van der Waals surface area contributed by atoms with Crippen LogP contribution in [0.3, 0.4) is 0 Å². The lowest BCUT2D eigenvalue weighted by molar-refractivity contribution is -0.138. The maximum atomic E-state index is 13.3. The van der Waals surface area contributed by atoms with Crippen molar-refractivity contribution in [3.8, 4) is 0 Å². The van der Waals surface area contributed by atoms with Crippen molar-refractivity contribution in [2.24, 2.45) is 5.92 Å². The summed E-state index contributed by atoms with van der Waals surface area (Å²) in [6, 6.07) is 6.18. The van der Waals surface area contributed by atoms with Gasteiger partial charge < -0.3 is 10.2 Å². The fourth-order valence-electron chi connectivity index (χ4n) is 2.87. The number of benzene rings is 1. The van der Waals surface area contributed by atoms with Crippen LogP contribution >= 0.6 is 11.8 Å². The summed E-state index contributed by atoms with van der Waals surface area (Å²) in [5.41, 5.74) is 0.725. The van der Waals surface area contributed by atoms with Crippen LogP contribution in [-0.2, 0) is 16.1 Å². The molecule has 1 aromatic heterocycles. The van der Waals surface area contributed by atoms with E-state index in [0.717, 1.165) is 10.6 Å². The minimum atomic E-state index is -0.328. The molecule has 1 aliphatic rings. The van der Waals surface area contributed by atoms with Gasteiger partial charge in [-0.3, -0.25) is 9.59 Å². The first-order valence-corrected chi connectivity index (χ1v) is 9.39. The molecule has 2 N–H and O–H groups in total. The summed E-state index contributed by atoms with van der Waals surface area (Å²) in [6.45, 7) is 1.20. The van der Waals surface area contributed by atoms with Crippen molar-refractivity contribution in [1.29, 1.82) is 0 Å². The topological polar surface area (TPSA) is 91.0 Å². The number of carbonyl (C=O) groups is 2. The molecule has 138 valence electrons. The van der Waals surface area contributed by atoms with E-state index in [4.69, 9.17) is 0 Å². The van der Waals surface area contributed by atoms with E-state index in [1.807, 2.05) is 0 Å². The van der Waals surface area contributed by atoms with Crippen LogP contribution in [0.2, 0.25) is 0 Å². The molecule has 0 radical (unpaired) electrons. The molecule has 1 aliphatic heterocycles. The molecule has 2 amide bonds. The van der Waals surface area contributed by atoms with Gasteiger partial charge in [0.15, 0.2) is 0 Å². The van der Waals surface area contributed by atoms with Gasteiger partial charge in [-0.25, -0.2) is 4.39 Å². The zero-order valence-corrected chi connectivity index (χ0v) is 15.0. The molecule has 1 saturated heterocycles. The summed E-state index contributed by atoms with van der Waals surface area (Å²) in [6.07, 6.45) is 2.51. The number of likely N-dealkylation sites (tertiary alicyclic amines) is 1. The number of H-pyrrole nitrogens is 1. The Bertz CT molecular complexity index is 755. The Hall–Kier alpha value is -2.42. The fraction of sp³-hybridized carbons (Fsp3) is 0.412. The molecule has 0 aliphatic carbocycles. The number of halogens is 1. The van der Waals surface area contributed by atoms with E-state index < -0.39 is 0 Å². The number of rotatable bonds is 7. The number of nitrogens with zero attached hydrogens (tertiary/aromatic N) is 3. The third-order valence-corrected chi connectivity index (χ3v) is 5.08. The molecule has 26 heavy (non-hydrogen) atoms. The largest absolute Gasteiger partial charge is 0.355 e. The number of nitrogens with one attached hydrogen (secondary N) is 2. The van der Waals surface area contributed by atoms with Crippen LogP contribution in [0.15, 0.2) is 35.5 Å². The zero-order valence-electron chi connectivity index (χ0n) is 14.2.